The molecule has 3 fully saturated rings. The van der Waals surface area contributed by atoms with Crippen LogP contribution in [0.5, 0.6) is 0 Å². The Morgan fingerprint density at radius 2 is 1.69 bits per heavy atom. The highest BCUT2D eigenvalue weighted by molar-refractivity contribution is 6.04. The van der Waals surface area contributed by atoms with E-state index in [1.807, 2.05) is 26.0 Å². The molecule has 0 aromatic carbocycles. The number of nitriles is 1. The number of hydrogen-bond donors (Lipinski definition) is 0. The fourth-order valence-corrected chi connectivity index (χ4v) is 10.2. The van der Waals surface area contributed by atoms with E-state index >= 15 is 0 Å². The lowest BCUT2D eigenvalue weighted by atomic mass is 9.34. The van der Waals surface area contributed by atoms with Gasteiger partial charge in [0.1, 0.15) is 6.07 Å². The number of fused-ring (bicyclic) bond motifs is 7. The van der Waals surface area contributed by atoms with Gasteiger partial charge >= 0.3 is 5.97 Å². The number of ketones is 2. The second-order valence-corrected chi connectivity index (χ2v) is 15.4. The van der Waals surface area contributed by atoms with E-state index in [9.17, 15) is 19.6 Å². The number of allylic oxidation sites excluding steroid dienone is 5. The van der Waals surface area contributed by atoms with E-state index in [1.165, 1.54) is 6.92 Å². The number of Topliss-reactive ketones (excluding diaryl/α,β-unsaturated/α-hetero) is 1. The van der Waals surface area contributed by atoms with Gasteiger partial charge in [-0.2, -0.15) is 5.26 Å². The minimum Gasteiger partial charge on any atom is -0.435 e. The van der Waals surface area contributed by atoms with Crippen LogP contribution in [0.4, 0.5) is 0 Å². The summed E-state index contributed by atoms with van der Waals surface area (Å²) in [7, 11) is 0. The van der Waals surface area contributed by atoms with E-state index in [1.54, 1.807) is 6.26 Å². The van der Waals surface area contributed by atoms with Gasteiger partial charge in [-0.05, 0) is 90.6 Å². The van der Waals surface area contributed by atoms with Gasteiger partial charge in [0.15, 0.2) is 11.6 Å². The predicted molar refractivity (Wildman–Crippen MR) is 150 cm³/mol. The molecule has 0 aromatic heterocycles. The van der Waals surface area contributed by atoms with Crippen LogP contribution < -0.4 is 0 Å². The van der Waals surface area contributed by atoms with Gasteiger partial charge in [-0.25, -0.2) is 0 Å². The smallest absolute Gasteiger partial charge is 0.307 e. The van der Waals surface area contributed by atoms with Gasteiger partial charge in [0, 0.05) is 23.7 Å². The molecule has 5 rings (SSSR count). The zero-order valence-corrected chi connectivity index (χ0v) is 25.1. The average molecular weight is 532 g/mol. The lowest BCUT2D eigenvalue weighted by molar-refractivity contribution is -0.164. The van der Waals surface area contributed by atoms with Crippen LogP contribution in [0.15, 0.2) is 35.6 Å². The van der Waals surface area contributed by atoms with Crippen LogP contribution in [0.3, 0.4) is 0 Å². The molecule has 210 valence electrons. The van der Waals surface area contributed by atoms with Gasteiger partial charge in [0.05, 0.1) is 11.8 Å². The Bertz CT molecular complexity index is 1280. The van der Waals surface area contributed by atoms with E-state index in [2.05, 4.69) is 46.8 Å². The molecule has 0 aliphatic heterocycles. The van der Waals surface area contributed by atoms with Crippen LogP contribution in [-0.2, 0) is 19.1 Å². The third-order valence-corrected chi connectivity index (χ3v) is 12.6. The van der Waals surface area contributed by atoms with Gasteiger partial charge in [-0.1, -0.05) is 60.1 Å². The largest absolute Gasteiger partial charge is 0.435 e. The minimum absolute atomic E-state index is 0.0461. The summed E-state index contributed by atoms with van der Waals surface area (Å²) in [4.78, 5) is 39.3. The molecule has 0 bridgehead atoms. The molecular formula is C34H45NO4. The van der Waals surface area contributed by atoms with Crippen LogP contribution in [0.1, 0.15) is 100 Å². The predicted octanol–water partition coefficient (Wildman–Crippen LogP) is 7.28. The van der Waals surface area contributed by atoms with Gasteiger partial charge in [0.2, 0.25) is 0 Å². The molecule has 2 unspecified atom stereocenters. The van der Waals surface area contributed by atoms with Crippen molar-refractivity contribution < 1.29 is 19.1 Å². The summed E-state index contributed by atoms with van der Waals surface area (Å²) in [5.41, 5.74) is -0.321. The Balaban J connectivity index is 1.66. The first kappa shape index (κ1) is 28.1. The third-order valence-electron chi connectivity index (χ3n) is 12.6. The van der Waals surface area contributed by atoms with Gasteiger partial charge < -0.3 is 4.74 Å². The molecule has 5 heteroatoms. The van der Waals surface area contributed by atoms with Crippen molar-refractivity contribution in [2.75, 3.05) is 0 Å². The van der Waals surface area contributed by atoms with Crippen molar-refractivity contribution in [1.82, 2.24) is 0 Å². The highest BCUT2D eigenvalue weighted by Crippen LogP contribution is 2.74. The van der Waals surface area contributed by atoms with E-state index in [-0.39, 0.29) is 62.5 Å². The molecule has 0 N–H and O–H groups in total. The monoisotopic (exact) mass is 531 g/mol. The van der Waals surface area contributed by atoms with Crippen molar-refractivity contribution in [3.63, 3.8) is 0 Å². The number of carbonyl (C=O) groups excluding carboxylic acids is 3. The first-order valence-corrected chi connectivity index (χ1v) is 14.8. The van der Waals surface area contributed by atoms with Gasteiger partial charge in [-0.15, -0.1) is 0 Å². The van der Waals surface area contributed by atoms with Crippen LogP contribution in [0.25, 0.3) is 0 Å². The number of hydrogen-bond acceptors (Lipinski definition) is 5. The van der Waals surface area contributed by atoms with Crippen LogP contribution in [0.2, 0.25) is 0 Å². The molecule has 0 amide bonds. The average Bonchev–Trinajstić information content (AvgIpc) is 2.83. The highest BCUT2D eigenvalue weighted by Gasteiger charge is 2.69. The SMILES string of the molecule is CC(=O)O/C=C/[C@]12CCC(C)(C)CC1C1C(=O)C=C3[C@@]4(C)C=C(C#N)C(=O)C(C)(C)[C@@H]4CC[C@@]3(C)[C@]1(C)CC2. The number of esters is 1. The third kappa shape index (κ3) is 3.72. The number of carbonyl (C=O) groups is 3. The molecular weight excluding hydrogens is 486 g/mol. The minimum atomic E-state index is -0.659. The van der Waals surface area contributed by atoms with E-state index in [0.29, 0.717) is 0 Å². The van der Waals surface area contributed by atoms with E-state index < -0.39 is 10.8 Å². The molecule has 0 spiro atoms. The maximum Gasteiger partial charge on any atom is 0.307 e. The molecule has 5 aliphatic rings. The summed E-state index contributed by atoms with van der Waals surface area (Å²) in [6, 6.07) is 2.19. The highest BCUT2D eigenvalue weighted by atomic mass is 16.5. The molecule has 0 aromatic rings. The summed E-state index contributed by atoms with van der Waals surface area (Å²) >= 11 is 0. The quantitative estimate of drug-likeness (QED) is 0.276. The Labute approximate surface area is 234 Å². The second kappa shape index (κ2) is 8.51. The van der Waals surface area contributed by atoms with E-state index in [4.69, 9.17) is 4.74 Å². The Kier molecular flexibility index (Phi) is 6.12. The van der Waals surface area contributed by atoms with Crippen molar-refractivity contribution >= 4 is 17.5 Å². The fourth-order valence-electron chi connectivity index (χ4n) is 10.2. The Hall–Kier alpha value is -2.48. The number of ether oxygens (including phenoxy) is 1. The topological polar surface area (TPSA) is 84.2 Å². The standard InChI is InChI=1S/C34H45NO4/c1-21(36)39-16-15-34-13-11-29(2,3)19-23(34)27-24(37)17-26-31(6)18-22(20-35)28(38)30(4,5)25(31)9-10-32(26,7)33(27,8)12-14-34/h15-18,23,25,27H,9-14,19H2,1-8H3/b16-15+/t23?,25-,27?,31-,32+,33+,34+/m0/s1. The van der Waals surface area contributed by atoms with Crippen molar-refractivity contribution in [1.29, 1.82) is 5.26 Å². The summed E-state index contributed by atoms with van der Waals surface area (Å²) < 4.78 is 5.28. The fraction of sp³-hybridized carbons (Fsp3) is 0.706. The van der Waals surface area contributed by atoms with Crippen LogP contribution >= 0.6 is 0 Å². The number of nitrogens with zero attached hydrogens (tertiary/aromatic N) is 1. The molecule has 5 aliphatic carbocycles. The molecule has 5 nitrogen and oxygen atoms in total. The summed E-state index contributed by atoms with van der Waals surface area (Å²) in [6.07, 6.45) is 14.3. The zero-order valence-electron chi connectivity index (χ0n) is 25.1. The Morgan fingerprint density at radius 1 is 1.03 bits per heavy atom. The van der Waals surface area contributed by atoms with Crippen LogP contribution in [-0.4, -0.2) is 17.5 Å². The summed E-state index contributed by atoms with van der Waals surface area (Å²) in [5.74, 6) is -0.123. The summed E-state index contributed by atoms with van der Waals surface area (Å²) in [6.45, 7) is 16.9. The maximum absolute atomic E-state index is 14.5. The lowest BCUT2D eigenvalue weighted by Crippen LogP contribution is -2.64. The van der Waals surface area contributed by atoms with Crippen molar-refractivity contribution in [2.45, 2.75) is 100 Å². The van der Waals surface area contributed by atoms with Crippen molar-refractivity contribution in [3.05, 3.63) is 35.6 Å². The Morgan fingerprint density at radius 3 is 2.33 bits per heavy atom. The summed E-state index contributed by atoms with van der Waals surface area (Å²) in [5, 5.41) is 9.90. The normalized spacial score (nSPS) is 44.1. The lowest BCUT2D eigenvalue weighted by Gasteiger charge is -2.69. The second-order valence-electron chi connectivity index (χ2n) is 15.4. The molecule has 39 heavy (non-hydrogen) atoms. The maximum atomic E-state index is 14.5. The first-order valence-electron chi connectivity index (χ1n) is 14.8. The van der Waals surface area contributed by atoms with E-state index in [0.717, 1.165) is 50.5 Å². The molecule has 0 heterocycles. The van der Waals surface area contributed by atoms with Gasteiger partial charge in [-0.3, -0.25) is 14.4 Å². The molecule has 7 atom stereocenters. The molecule has 0 saturated heterocycles. The van der Waals surface area contributed by atoms with Crippen molar-refractivity contribution in [2.24, 2.45) is 50.2 Å². The van der Waals surface area contributed by atoms with Crippen LogP contribution in [0, 0.1) is 61.6 Å². The molecule has 3 saturated carbocycles. The number of rotatable bonds is 2. The van der Waals surface area contributed by atoms with Crippen molar-refractivity contribution in [3.8, 4) is 6.07 Å². The van der Waals surface area contributed by atoms with Gasteiger partial charge in [0.25, 0.3) is 0 Å². The zero-order chi connectivity index (χ0) is 28.8. The molecule has 0 radical (unpaired) electrons. The first-order chi connectivity index (χ1) is 18.0.